The number of aromatic nitrogens is 1. The van der Waals surface area contributed by atoms with Crippen LogP contribution in [0.1, 0.15) is 49.0 Å². The molecule has 0 aromatic carbocycles. The van der Waals surface area contributed by atoms with Crippen molar-refractivity contribution < 1.29 is 9.90 Å². The number of hydrogen-bond donors (Lipinski definition) is 1. The molecule has 1 N–H and O–H groups in total. The molecular formula is C15H20N2O2. The number of nitrogens with zero attached hydrogens (tertiary/aromatic N) is 2. The Labute approximate surface area is 113 Å². The van der Waals surface area contributed by atoms with Crippen LogP contribution in [0.5, 0.6) is 0 Å². The molecule has 19 heavy (non-hydrogen) atoms. The van der Waals surface area contributed by atoms with Crippen LogP contribution >= 0.6 is 0 Å². The van der Waals surface area contributed by atoms with Crippen LogP contribution in [0.4, 0.5) is 5.69 Å². The van der Waals surface area contributed by atoms with E-state index in [9.17, 15) is 4.79 Å². The number of rotatable bonds is 2. The van der Waals surface area contributed by atoms with Crippen LogP contribution in [0.2, 0.25) is 0 Å². The summed E-state index contributed by atoms with van der Waals surface area (Å²) in [6.45, 7) is 1.08. The third-order valence-electron chi connectivity index (χ3n) is 4.54. The van der Waals surface area contributed by atoms with E-state index >= 15 is 0 Å². The molecule has 3 rings (SSSR count). The number of pyridine rings is 1. The van der Waals surface area contributed by atoms with Crippen LogP contribution in [-0.2, 0) is 0 Å². The Morgan fingerprint density at radius 1 is 1.21 bits per heavy atom. The molecule has 1 aromatic rings. The van der Waals surface area contributed by atoms with E-state index in [4.69, 9.17) is 5.11 Å². The summed E-state index contributed by atoms with van der Waals surface area (Å²) in [6.07, 6.45) is 9.61. The fourth-order valence-electron chi connectivity index (χ4n) is 3.63. The largest absolute Gasteiger partial charge is 0.477 e. The van der Waals surface area contributed by atoms with Gasteiger partial charge in [0.25, 0.3) is 0 Å². The Bertz CT molecular complexity index is 456. The van der Waals surface area contributed by atoms with E-state index < -0.39 is 5.97 Å². The molecule has 2 unspecified atom stereocenters. The molecular weight excluding hydrogens is 240 g/mol. The zero-order valence-electron chi connectivity index (χ0n) is 11.1. The fourth-order valence-corrected chi connectivity index (χ4v) is 3.63. The molecule has 4 heteroatoms. The quantitative estimate of drug-likeness (QED) is 0.888. The lowest BCUT2D eigenvalue weighted by Gasteiger charge is -2.45. The molecule has 102 valence electrons. The third-order valence-corrected chi connectivity index (χ3v) is 4.54. The van der Waals surface area contributed by atoms with Crippen LogP contribution in [0, 0.1) is 5.92 Å². The van der Waals surface area contributed by atoms with E-state index in [2.05, 4.69) is 9.88 Å². The molecule has 0 spiro atoms. The highest BCUT2D eigenvalue weighted by Crippen LogP contribution is 2.37. The summed E-state index contributed by atoms with van der Waals surface area (Å²) in [5.41, 5.74) is 1.21. The molecule has 1 saturated carbocycles. The number of piperidine rings is 1. The maximum Gasteiger partial charge on any atom is 0.354 e. The summed E-state index contributed by atoms with van der Waals surface area (Å²) in [5, 5.41) is 8.90. The number of carboxylic acids is 1. The number of anilines is 1. The Morgan fingerprint density at radius 2 is 2.00 bits per heavy atom. The first-order chi connectivity index (χ1) is 9.25. The second-order valence-electron chi connectivity index (χ2n) is 5.65. The lowest BCUT2D eigenvalue weighted by Crippen LogP contribution is -2.46. The molecule has 4 nitrogen and oxygen atoms in total. The predicted molar refractivity (Wildman–Crippen MR) is 73.5 cm³/mol. The highest BCUT2D eigenvalue weighted by atomic mass is 16.4. The number of hydrogen-bond acceptors (Lipinski definition) is 3. The van der Waals surface area contributed by atoms with Crippen molar-refractivity contribution >= 4 is 11.7 Å². The van der Waals surface area contributed by atoms with Crippen LogP contribution < -0.4 is 4.90 Å². The minimum atomic E-state index is -0.958. The number of fused-ring (bicyclic) bond motifs is 1. The molecule has 2 heterocycles. The van der Waals surface area contributed by atoms with Crippen molar-refractivity contribution in [1.82, 2.24) is 4.98 Å². The van der Waals surface area contributed by atoms with Crippen LogP contribution in [0.25, 0.3) is 0 Å². The van der Waals surface area contributed by atoms with E-state index in [1.54, 1.807) is 12.3 Å². The molecule has 1 saturated heterocycles. The van der Waals surface area contributed by atoms with Gasteiger partial charge in [-0.2, -0.15) is 0 Å². The highest BCUT2D eigenvalue weighted by molar-refractivity contribution is 5.85. The van der Waals surface area contributed by atoms with Gasteiger partial charge in [-0.15, -0.1) is 0 Å². The zero-order valence-corrected chi connectivity index (χ0v) is 11.1. The van der Waals surface area contributed by atoms with Gasteiger partial charge in [0.1, 0.15) is 5.69 Å². The zero-order chi connectivity index (χ0) is 13.2. The molecule has 0 bridgehead atoms. The van der Waals surface area contributed by atoms with E-state index in [-0.39, 0.29) is 5.69 Å². The van der Waals surface area contributed by atoms with Crippen LogP contribution in [0.15, 0.2) is 18.3 Å². The van der Waals surface area contributed by atoms with Crippen LogP contribution in [-0.4, -0.2) is 28.6 Å². The van der Waals surface area contributed by atoms with E-state index in [0.29, 0.717) is 6.04 Å². The molecule has 1 aromatic heterocycles. The summed E-state index contributed by atoms with van der Waals surface area (Å²) in [4.78, 5) is 17.3. The van der Waals surface area contributed by atoms with Gasteiger partial charge in [0, 0.05) is 12.6 Å². The van der Waals surface area contributed by atoms with Crippen molar-refractivity contribution in [3.05, 3.63) is 24.0 Å². The first-order valence-electron chi connectivity index (χ1n) is 7.22. The topological polar surface area (TPSA) is 53.4 Å². The first kappa shape index (κ1) is 12.5. The van der Waals surface area contributed by atoms with Gasteiger partial charge in [-0.25, -0.2) is 9.78 Å². The van der Waals surface area contributed by atoms with Gasteiger partial charge in [0.2, 0.25) is 0 Å². The molecule has 1 aliphatic heterocycles. The van der Waals surface area contributed by atoms with E-state index in [0.717, 1.165) is 18.2 Å². The number of aromatic carboxylic acids is 1. The van der Waals surface area contributed by atoms with Gasteiger partial charge < -0.3 is 10.0 Å². The molecule has 2 atom stereocenters. The predicted octanol–water partition coefficient (Wildman–Crippen LogP) is 2.94. The summed E-state index contributed by atoms with van der Waals surface area (Å²) < 4.78 is 0. The van der Waals surface area contributed by atoms with Gasteiger partial charge in [0.15, 0.2) is 0 Å². The Kier molecular flexibility index (Phi) is 3.40. The maximum atomic E-state index is 10.8. The van der Waals surface area contributed by atoms with Crippen molar-refractivity contribution in [2.24, 2.45) is 5.92 Å². The molecule has 2 fully saturated rings. The summed E-state index contributed by atoms with van der Waals surface area (Å²) in [7, 11) is 0. The first-order valence-corrected chi connectivity index (χ1v) is 7.22. The second kappa shape index (κ2) is 5.19. The summed E-state index contributed by atoms with van der Waals surface area (Å²) >= 11 is 0. The van der Waals surface area contributed by atoms with Gasteiger partial charge in [-0.1, -0.05) is 12.8 Å². The smallest absolute Gasteiger partial charge is 0.354 e. The lowest BCUT2D eigenvalue weighted by molar-refractivity contribution is 0.0690. The van der Waals surface area contributed by atoms with Crippen molar-refractivity contribution in [2.75, 3.05) is 11.4 Å². The average molecular weight is 260 g/mol. The van der Waals surface area contributed by atoms with E-state index in [1.807, 2.05) is 6.07 Å². The van der Waals surface area contributed by atoms with Crippen molar-refractivity contribution in [1.29, 1.82) is 0 Å². The maximum absolute atomic E-state index is 10.8. The summed E-state index contributed by atoms with van der Waals surface area (Å²) in [6, 6.07) is 4.16. The standard InChI is InChI=1S/C15H20N2O2/c18-15(19)13-8-7-12(10-16-13)17-9-3-5-11-4-1-2-6-14(11)17/h7-8,10-11,14H,1-6,9H2,(H,18,19). The third kappa shape index (κ3) is 2.44. The van der Waals surface area contributed by atoms with Crippen molar-refractivity contribution in [3.8, 4) is 0 Å². The van der Waals surface area contributed by atoms with Crippen molar-refractivity contribution in [2.45, 2.75) is 44.6 Å². The van der Waals surface area contributed by atoms with E-state index in [1.165, 1.54) is 38.5 Å². The van der Waals surface area contributed by atoms with Gasteiger partial charge in [-0.05, 0) is 43.7 Å². The number of carbonyl (C=O) groups is 1. The highest BCUT2D eigenvalue weighted by Gasteiger charge is 2.33. The number of carboxylic acid groups (broad SMARTS) is 1. The van der Waals surface area contributed by atoms with Crippen molar-refractivity contribution in [3.63, 3.8) is 0 Å². The molecule has 1 aliphatic carbocycles. The molecule has 0 amide bonds. The molecule has 2 aliphatic rings. The van der Waals surface area contributed by atoms with Gasteiger partial charge >= 0.3 is 5.97 Å². The van der Waals surface area contributed by atoms with Gasteiger partial charge in [-0.3, -0.25) is 0 Å². The lowest BCUT2D eigenvalue weighted by atomic mass is 9.78. The SMILES string of the molecule is O=C(O)c1ccc(N2CCCC3CCCCC32)cn1. The monoisotopic (exact) mass is 260 g/mol. The Morgan fingerprint density at radius 3 is 2.74 bits per heavy atom. The van der Waals surface area contributed by atoms with Crippen LogP contribution in [0.3, 0.4) is 0 Å². The minimum absolute atomic E-state index is 0.126. The molecule has 0 radical (unpaired) electrons. The fraction of sp³-hybridized carbons (Fsp3) is 0.600. The Hall–Kier alpha value is -1.58. The van der Waals surface area contributed by atoms with Gasteiger partial charge in [0.05, 0.1) is 11.9 Å². The summed E-state index contributed by atoms with van der Waals surface area (Å²) in [5.74, 6) is -0.137. The minimum Gasteiger partial charge on any atom is -0.477 e. The average Bonchev–Trinajstić information content (AvgIpc) is 2.47. The normalized spacial score (nSPS) is 26.8. The second-order valence-corrected chi connectivity index (χ2v) is 5.65. The Balaban J connectivity index is 1.81.